The second-order valence-electron chi connectivity index (χ2n) is 5.59. The Kier molecular flexibility index (Phi) is 5.94. The lowest BCUT2D eigenvalue weighted by molar-refractivity contribution is 0.330. The molecule has 5 heteroatoms. The van der Waals surface area contributed by atoms with Crippen molar-refractivity contribution >= 4 is 21.6 Å². The van der Waals surface area contributed by atoms with Gasteiger partial charge in [0.25, 0.3) is 0 Å². The molecular formula is C16H25BrN4. The third-order valence-electron chi connectivity index (χ3n) is 3.96. The molecule has 0 radical (unpaired) electrons. The first-order chi connectivity index (χ1) is 10.1. The average Bonchev–Trinajstić information content (AvgIpc) is 2.50. The number of hydrogen-bond donors (Lipinski definition) is 3. The number of rotatable bonds is 6. The van der Waals surface area contributed by atoms with E-state index in [0.717, 1.165) is 48.8 Å². The van der Waals surface area contributed by atoms with Crippen LogP contribution in [0, 0.1) is 0 Å². The number of nitrogens with two attached hydrogens (primary N) is 2. The molecule has 5 N–H and O–H groups in total. The Bertz CT molecular complexity index is 501. The highest BCUT2D eigenvalue weighted by atomic mass is 79.9. The third-order valence-corrected chi connectivity index (χ3v) is 4.45. The summed E-state index contributed by atoms with van der Waals surface area (Å²) in [6.07, 6.45) is 6.92. The largest absolute Gasteiger partial charge is 0.403 e. The van der Waals surface area contributed by atoms with Crippen molar-refractivity contribution in [2.75, 3.05) is 11.9 Å². The second-order valence-corrected chi connectivity index (χ2v) is 6.51. The number of anilines is 1. The molecule has 0 amide bonds. The van der Waals surface area contributed by atoms with Gasteiger partial charge in [-0.05, 0) is 43.0 Å². The van der Waals surface area contributed by atoms with Gasteiger partial charge in [0.2, 0.25) is 0 Å². The average molecular weight is 353 g/mol. The summed E-state index contributed by atoms with van der Waals surface area (Å²) in [4.78, 5) is 0. The minimum absolute atomic E-state index is 0.390. The standard InChI is InChI=1S/C16H25BrN4/c1-2-3-8-21(19)15(11-18)10-14-6-4-12-9-13(17)5-7-16(12)20-14/h5,7,9,11,14,20H,2-4,6,8,10,18-19H2,1H3/b15-11-. The molecule has 2 rings (SSSR count). The fourth-order valence-corrected chi connectivity index (χ4v) is 3.10. The van der Waals surface area contributed by atoms with Gasteiger partial charge in [-0.25, -0.2) is 5.84 Å². The summed E-state index contributed by atoms with van der Waals surface area (Å²) < 4.78 is 1.14. The summed E-state index contributed by atoms with van der Waals surface area (Å²) in [5, 5.41) is 5.39. The van der Waals surface area contributed by atoms with Gasteiger partial charge in [0.15, 0.2) is 0 Å². The lowest BCUT2D eigenvalue weighted by Crippen LogP contribution is -2.36. The molecule has 0 saturated heterocycles. The number of nitrogens with zero attached hydrogens (tertiary/aromatic N) is 1. The summed E-state index contributed by atoms with van der Waals surface area (Å²) in [5.74, 6) is 6.10. The summed E-state index contributed by atoms with van der Waals surface area (Å²) in [7, 11) is 0. The lowest BCUT2D eigenvalue weighted by atomic mass is 9.95. The van der Waals surface area contributed by atoms with Crippen molar-refractivity contribution in [2.45, 2.75) is 45.1 Å². The van der Waals surface area contributed by atoms with Crippen LogP contribution >= 0.6 is 15.9 Å². The number of hydrogen-bond acceptors (Lipinski definition) is 4. The summed E-state index contributed by atoms with van der Waals surface area (Å²) in [6, 6.07) is 6.79. The van der Waals surface area contributed by atoms with E-state index in [1.165, 1.54) is 11.3 Å². The van der Waals surface area contributed by atoms with E-state index in [2.05, 4.69) is 46.4 Å². The van der Waals surface area contributed by atoms with Crippen LogP contribution in [-0.4, -0.2) is 17.6 Å². The molecule has 0 bridgehead atoms. The van der Waals surface area contributed by atoms with E-state index in [1.54, 1.807) is 11.2 Å². The number of aryl methyl sites for hydroxylation is 1. The van der Waals surface area contributed by atoms with Crippen molar-refractivity contribution < 1.29 is 0 Å². The van der Waals surface area contributed by atoms with E-state index in [1.807, 2.05) is 0 Å². The quantitative estimate of drug-likeness (QED) is 0.542. The van der Waals surface area contributed by atoms with Crippen LogP contribution in [0.15, 0.2) is 34.6 Å². The first-order valence-corrected chi connectivity index (χ1v) is 8.41. The zero-order valence-corrected chi connectivity index (χ0v) is 14.2. The van der Waals surface area contributed by atoms with E-state index < -0.39 is 0 Å². The highest BCUT2D eigenvalue weighted by Gasteiger charge is 2.20. The number of unbranched alkanes of at least 4 members (excludes halogenated alkanes) is 1. The van der Waals surface area contributed by atoms with Crippen molar-refractivity contribution in [2.24, 2.45) is 11.6 Å². The zero-order chi connectivity index (χ0) is 15.2. The van der Waals surface area contributed by atoms with Crippen LogP contribution in [0.2, 0.25) is 0 Å². The molecule has 0 spiro atoms. The van der Waals surface area contributed by atoms with Crippen molar-refractivity contribution in [1.82, 2.24) is 5.01 Å². The summed E-state index contributed by atoms with van der Waals surface area (Å²) in [6.45, 7) is 3.02. The van der Waals surface area contributed by atoms with Gasteiger partial charge < -0.3 is 16.1 Å². The van der Waals surface area contributed by atoms with E-state index >= 15 is 0 Å². The highest BCUT2D eigenvalue weighted by Crippen LogP contribution is 2.29. The molecule has 1 unspecified atom stereocenters. The SMILES string of the molecule is CCCCN(N)/C(=C\N)CC1CCc2cc(Br)ccc2N1. The second kappa shape index (κ2) is 7.71. The van der Waals surface area contributed by atoms with Gasteiger partial charge in [0.05, 0.1) is 0 Å². The van der Waals surface area contributed by atoms with Gasteiger partial charge in [0.1, 0.15) is 0 Å². The zero-order valence-electron chi connectivity index (χ0n) is 12.6. The van der Waals surface area contributed by atoms with Gasteiger partial charge in [-0.1, -0.05) is 29.3 Å². The first-order valence-electron chi connectivity index (χ1n) is 7.62. The van der Waals surface area contributed by atoms with Crippen molar-refractivity contribution in [3.05, 3.63) is 40.1 Å². The van der Waals surface area contributed by atoms with Crippen molar-refractivity contribution in [1.29, 1.82) is 0 Å². The van der Waals surface area contributed by atoms with Gasteiger partial charge in [-0.2, -0.15) is 0 Å². The van der Waals surface area contributed by atoms with E-state index in [0.29, 0.717) is 6.04 Å². The number of nitrogens with one attached hydrogen (secondary N) is 1. The molecule has 116 valence electrons. The Hall–Kier alpha value is -1.20. The predicted octanol–water partition coefficient (Wildman–Crippen LogP) is 3.34. The van der Waals surface area contributed by atoms with Crippen LogP contribution in [0.5, 0.6) is 0 Å². The number of hydrazine groups is 1. The number of halogens is 1. The molecule has 1 aliphatic rings. The maximum absolute atomic E-state index is 6.10. The smallest absolute Gasteiger partial charge is 0.0466 e. The van der Waals surface area contributed by atoms with E-state index in [-0.39, 0.29) is 0 Å². The van der Waals surface area contributed by atoms with E-state index in [9.17, 15) is 0 Å². The third kappa shape index (κ3) is 4.38. The molecule has 1 aromatic carbocycles. The Morgan fingerprint density at radius 3 is 3.05 bits per heavy atom. The molecule has 1 heterocycles. The topological polar surface area (TPSA) is 67.3 Å². The van der Waals surface area contributed by atoms with Crippen LogP contribution in [0.25, 0.3) is 0 Å². The highest BCUT2D eigenvalue weighted by molar-refractivity contribution is 9.10. The maximum atomic E-state index is 6.10. The molecule has 4 nitrogen and oxygen atoms in total. The molecule has 1 aliphatic heterocycles. The lowest BCUT2D eigenvalue weighted by Gasteiger charge is -2.30. The molecule has 21 heavy (non-hydrogen) atoms. The Balaban J connectivity index is 1.96. The van der Waals surface area contributed by atoms with Crippen LogP contribution in [-0.2, 0) is 6.42 Å². The summed E-state index contributed by atoms with van der Waals surface area (Å²) >= 11 is 3.52. The first kappa shape index (κ1) is 16.2. The number of benzene rings is 1. The van der Waals surface area contributed by atoms with Crippen molar-refractivity contribution in [3.63, 3.8) is 0 Å². The Morgan fingerprint density at radius 2 is 2.33 bits per heavy atom. The van der Waals surface area contributed by atoms with Crippen LogP contribution in [0.4, 0.5) is 5.69 Å². The fourth-order valence-electron chi connectivity index (χ4n) is 2.69. The Morgan fingerprint density at radius 1 is 1.52 bits per heavy atom. The fraction of sp³-hybridized carbons (Fsp3) is 0.500. The molecule has 1 atom stereocenters. The van der Waals surface area contributed by atoms with E-state index in [4.69, 9.17) is 11.6 Å². The minimum Gasteiger partial charge on any atom is -0.403 e. The molecular weight excluding hydrogens is 328 g/mol. The van der Waals surface area contributed by atoms with Gasteiger partial charge >= 0.3 is 0 Å². The van der Waals surface area contributed by atoms with Gasteiger partial charge in [-0.15, -0.1) is 0 Å². The maximum Gasteiger partial charge on any atom is 0.0466 e. The predicted molar refractivity (Wildman–Crippen MR) is 92.6 cm³/mol. The molecule has 0 fully saturated rings. The van der Waals surface area contributed by atoms with Crippen LogP contribution in [0.1, 0.15) is 38.2 Å². The normalized spacial score (nSPS) is 18.0. The van der Waals surface area contributed by atoms with Gasteiger partial charge in [-0.3, -0.25) is 0 Å². The number of fused-ring (bicyclic) bond motifs is 1. The minimum atomic E-state index is 0.390. The molecule has 0 aromatic heterocycles. The Labute approximate surface area is 135 Å². The van der Waals surface area contributed by atoms with Crippen molar-refractivity contribution in [3.8, 4) is 0 Å². The monoisotopic (exact) mass is 352 g/mol. The molecule has 0 saturated carbocycles. The van der Waals surface area contributed by atoms with Crippen LogP contribution in [0.3, 0.4) is 0 Å². The van der Waals surface area contributed by atoms with Gasteiger partial charge in [0, 0.05) is 41.1 Å². The summed E-state index contributed by atoms with van der Waals surface area (Å²) in [5.41, 5.74) is 9.37. The molecule has 1 aromatic rings. The van der Waals surface area contributed by atoms with Crippen LogP contribution < -0.4 is 16.9 Å². The molecule has 0 aliphatic carbocycles.